The van der Waals surface area contributed by atoms with Crippen molar-refractivity contribution in [3.05, 3.63) is 18.5 Å². The predicted octanol–water partition coefficient (Wildman–Crippen LogP) is 1.69. The van der Waals surface area contributed by atoms with E-state index in [9.17, 15) is 0 Å². The van der Waals surface area contributed by atoms with E-state index in [-0.39, 0.29) is 12.0 Å². The fourth-order valence-corrected chi connectivity index (χ4v) is 1.83. The minimum atomic E-state index is 0.247. The molecule has 0 amide bonds. The molecule has 3 N–H and O–H groups in total. The Labute approximate surface area is 123 Å². The van der Waals surface area contributed by atoms with Gasteiger partial charge < -0.3 is 4.74 Å². The highest BCUT2D eigenvalue weighted by molar-refractivity contribution is 5.28. The van der Waals surface area contributed by atoms with Gasteiger partial charge in [-0.2, -0.15) is 20.1 Å². The second-order valence-electron chi connectivity index (χ2n) is 4.60. The maximum atomic E-state index is 5.57. The summed E-state index contributed by atoms with van der Waals surface area (Å²) in [5.74, 6) is 5.97. The van der Waals surface area contributed by atoms with Gasteiger partial charge in [0.1, 0.15) is 0 Å². The van der Waals surface area contributed by atoms with Crippen LogP contribution in [0.2, 0.25) is 0 Å². The number of nitrogens with zero attached hydrogens (tertiary/aromatic N) is 5. The standard InChI is InChI=1S/C13H21N7O/c1-2-3-4-5-6-10-21-13-17-11(19-14)16-12(18-13)20-9-7-8-15-20/h7-9H,2-6,10,14H2,1H3,(H,16,17,18,19). The van der Waals surface area contributed by atoms with Gasteiger partial charge in [-0.05, 0) is 12.5 Å². The zero-order valence-corrected chi connectivity index (χ0v) is 12.2. The Kier molecular flexibility index (Phi) is 5.89. The Bertz CT molecular complexity index is 529. The highest BCUT2D eigenvalue weighted by Crippen LogP contribution is 2.11. The summed E-state index contributed by atoms with van der Waals surface area (Å²) in [5, 5.41) is 4.07. The molecule has 8 nitrogen and oxygen atoms in total. The number of ether oxygens (including phenoxy) is 1. The quantitative estimate of drug-likeness (QED) is 0.411. The number of anilines is 1. The Morgan fingerprint density at radius 2 is 2.05 bits per heavy atom. The zero-order chi connectivity index (χ0) is 14.9. The first-order valence-corrected chi connectivity index (χ1v) is 7.19. The molecule has 21 heavy (non-hydrogen) atoms. The smallest absolute Gasteiger partial charge is 0.323 e. The van der Waals surface area contributed by atoms with Gasteiger partial charge in [0, 0.05) is 12.4 Å². The number of nitrogen functional groups attached to an aromatic ring is 1. The molecule has 2 rings (SSSR count). The molecule has 114 valence electrons. The van der Waals surface area contributed by atoms with Crippen molar-refractivity contribution in [1.29, 1.82) is 0 Å². The van der Waals surface area contributed by atoms with Crippen molar-refractivity contribution in [2.45, 2.75) is 39.0 Å². The number of nitrogens with one attached hydrogen (secondary N) is 1. The summed E-state index contributed by atoms with van der Waals surface area (Å²) in [6, 6.07) is 2.03. The third-order valence-electron chi connectivity index (χ3n) is 2.92. The average Bonchev–Trinajstić information content (AvgIpc) is 3.05. The van der Waals surface area contributed by atoms with E-state index in [1.807, 2.05) is 0 Å². The van der Waals surface area contributed by atoms with E-state index in [1.165, 1.54) is 23.9 Å². The summed E-state index contributed by atoms with van der Waals surface area (Å²) in [7, 11) is 0. The van der Waals surface area contributed by atoms with Crippen LogP contribution in [0.25, 0.3) is 5.95 Å². The van der Waals surface area contributed by atoms with Gasteiger partial charge >= 0.3 is 6.01 Å². The highest BCUT2D eigenvalue weighted by atomic mass is 16.5. The Balaban J connectivity index is 1.94. The second kappa shape index (κ2) is 8.15. The Morgan fingerprint density at radius 1 is 1.19 bits per heavy atom. The summed E-state index contributed by atoms with van der Waals surface area (Å²) in [6.07, 6.45) is 9.23. The normalized spacial score (nSPS) is 10.6. The lowest BCUT2D eigenvalue weighted by atomic mass is 10.2. The predicted molar refractivity (Wildman–Crippen MR) is 79.0 cm³/mol. The van der Waals surface area contributed by atoms with E-state index in [1.54, 1.807) is 18.5 Å². The Hall–Kier alpha value is -2.22. The molecular formula is C13H21N7O. The SMILES string of the molecule is CCCCCCCOc1nc(NN)nc(-n2cccn2)n1. The summed E-state index contributed by atoms with van der Waals surface area (Å²) >= 11 is 0. The molecule has 0 saturated heterocycles. The summed E-state index contributed by atoms with van der Waals surface area (Å²) < 4.78 is 7.09. The van der Waals surface area contributed by atoms with Crippen LogP contribution in [0.15, 0.2) is 18.5 Å². The van der Waals surface area contributed by atoms with Gasteiger partial charge in [0.25, 0.3) is 5.95 Å². The lowest BCUT2D eigenvalue weighted by molar-refractivity contribution is 0.280. The monoisotopic (exact) mass is 291 g/mol. The maximum Gasteiger partial charge on any atom is 0.323 e. The highest BCUT2D eigenvalue weighted by Gasteiger charge is 2.08. The van der Waals surface area contributed by atoms with E-state index < -0.39 is 0 Å². The van der Waals surface area contributed by atoms with Crippen LogP contribution in [0.4, 0.5) is 5.95 Å². The molecule has 2 heterocycles. The summed E-state index contributed by atoms with van der Waals surface area (Å²) in [6.45, 7) is 2.77. The van der Waals surface area contributed by atoms with Crippen LogP contribution in [0.5, 0.6) is 6.01 Å². The second-order valence-corrected chi connectivity index (χ2v) is 4.60. The third kappa shape index (κ3) is 4.67. The van der Waals surface area contributed by atoms with Crippen LogP contribution in [-0.2, 0) is 0 Å². The van der Waals surface area contributed by atoms with Crippen molar-refractivity contribution in [3.8, 4) is 12.0 Å². The van der Waals surface area contributed by atoms with Crippen LogP contribution in [0.1, 0.15) is 39.0 Å². The van der Waals surface area contributed by atoms with Gasteiger partial charge in [0.15, 0.2) is 0 Å². The minimum Gasteiger partial charge on any atom is -0.463 e. The van der Waals surface area contributed by atoms with Crippen molar-refractivity contribution in [2.24, 2.45) is 5.84 Å². The summed E-state index contributed by atoms with van der Waals surface area (Å²) in [5.41, 5.74) is 2.40. The number of hydrazine groups is 1. The van der Waals surface area contributed by atoms with Gasteiger partial charge in [-0.25, -0.2) is 10.5 Å². The largest absolute Gasteiger partial charge is 0.463 e. The van der Waals surface area contributed by atoms with Gasteiger partial charge in [-0.15, -0.1) is 0 Å². The first-order chi connectivity index (χ1) is 10.3. The number of unbranched alkanes of at least 4 members (excludes halogenated alkanes) is 4. The molecule has 0 atom stereocenters. The van der Waals surface area contributed by atoms with Crippen LogP contribution in [0.3, 0.4) is 0 Å². The van der Waals surface area contributed by atoms with Crippen molar-refractivity contribution >= 4 is 5.95 Å². The van der Waals surface area contributed by atoms with Gasteiger partial charge in [-0.1, -0.05) is 32.6 Å². The minimum absolute atomic E-state index is 0.247. The molecule has 0 saturated carbocycles. The van der Waals surface area contributed by atoms with Crippen LogP contribution in [0, 0.1) is 0 Å². The van der Waals surface area contributed by atoms with Crippen LogP contribution < -0.4 is 16.0 Å². The molecule has 0 aliphatic carbocycles. The van der Waals surface area contributed by atoms with Crippen molar-refractivity contribution in [3.63, 3.8) is 0 Å². The number of hydrogen-bond donors (Lipinski definition) is 2. The molecular weight excluding hydrogens is 270 g/mol. The lowest BCUT2D eigenvalue weighted by Gasteiger charge is -2.07. The first kappa shape index (κ1) is 15.2. The van der Waals surface area contributed by atoms with Crippen LogP contribution in [-0.4, -0.2) is 31.3 Å². The molecule has 0 aliphatic rings. The number of nitrogens with two attached hydrogens (primary N) is 1. The van der Waals surface area contributed by atoms with Crippen LogP contribution >= 0.6 is 0 Å². The molecule has 2 aromatic heterocycles. The van der Waals surface area contributed by atoms with E-state index in [0.29, 0.717) is 12.6 Å². The van der Waals surface area contributed by atoms with Crippen molar-refractivity contribution in [1.82, 2.24) is 24.7 Å². The molecule has 0 unspecified atom stereocenters. The van der Waals surface area contributed by atoms with E-state index in [4.69, 9.17) is 10.6 Å². The van der Waals surface area contributed by atoms with Gasteiger partial charge in [0.05, 0.1) is 6.61 Å². The van der Waals surface area contributed by atoms with E-state index in [2.05, 4.69) is 32.4 Å². The molecule has 8 heteroatoms. The lowest BCUT2D eigenvalue weighted by Crippen LogP contribution is -2.15. The van der Waals surface area contributed by atoms with Crippen molar-refractivity contribution in [2.75, 3.05) is 12.0 Å². The van der Waals surface area contributed by atoms with Crippen molar-refractivity contribution < 1.29 is 4.74 Å². The van der Waals surface area contributed by atoms with E-state index in [0.717, 1.165) is 12.8 Å². The number of hydrogen-bond acceptors (Lipinski definition) is 7. The molecule has 0 aromatic carbocycles. The molecule has 0 fully saturated rings. The summed E-state index contributed by atoms with van der Waals surface area (Å²) in [4.78, 5) is 12.4. The molecule has 0 radical (unpaired) electrons. The molecule has 0 spiro atoms. The van der Waals surface area contributed by atoms with E-state index >= 15 is 0 Å². The number of aromatic nitrogens is 5. The molecule has 2 aromatic rings. The first-order valence-electron chi connectivity index (χ1n) is 7.19. The Morgan fingerprint density at radius 3 is 2.76 bits per heavy atom. The topological polar surface area (TPSA) is 104 Å². The van der Waals surface area contributed by atoms with Gasteiger partial charge in [0.2, 0.25) is 5.95 Å². The maximum absolute atomic E-state index is 5.57. The van der Waals surface area contributed by atoms with Gasteiger partial charge in [-0.3, -0.25) is 5.43 Å². The zero-order valence-electron chi connectivity index (χ0n) is 12.2. The third-order valence-corrected chi connectivity index (χ3v) is 2.92. The fourth-order valence-electron chi connectivity index (χ4n) is 1.83. The fraction of sp³-hybridized carbons (Fsp3) is 0.538. The average molecular weight is 291 g/mol. The number of rotatable bonds is 9. The molecule has 0 bridgehead atoms. The molecule has 0 aliphatic heterocycles.